The molecule has 0 unspecified atom stereocenters. The molecule has 0 saturated carbocycles. The molecule has 0 aliphatic heterocycles. The van der Waals surface area contributed by atoms with Crippen molar-refractivity contribution >= 4 is 29.9 Å². The number of halogens is 1. The summed E-state index contributed by atoms with van der Waals surface area (Å²) in [6, 6.07) is 8.65. The highest BCUT2D eigenvalue weighted by atomic mass is 127. The quantitative estimate of drug-likeness (QED) is 0.249. The van der Waals surface area contributed by atoms with Crippen LogP contribution in [-0.2, 0) is 6.42 Å². The van der Waals surface area contributed by atoms with E-state index >= 15 is 0 Å². The van der Waals surface area contributed by atoms with Gasteiger partial charge in [-0.05, 0) is 31.7 Å². The van der Waals surface area contributed by atoms with Crippen LogP contribution in [0.3, 0.4) is 0 Å². The third-order valence-corrected chi connectivity index (χ3v) is 3.25. The number of nitrogens with zero attached hydrogens (tertiary/aromatic N) is 2. The second-order valence-corrected chi connectivity index (χ2v) is 5.07. The summed E-state index contributed by atoms with van der Waals surface area (Å²) in [6.07, 6.45) is 5.13. The first-order valence-corrected chi connectivity index (χ1v) is 7.25. The Bertz CT molecular complexity index is 443. The molecule has 1 aromatic rings. The van der Waals surface area contributed by atoms with E-state index in [9.17, 15) is 0 Å². The predicted octanol–water partition coefficient (Wildman–Crippen LogP) is 3.63. The molecule has 0 atom stereocenters. The second-order valence-electron chi connectivity index (χ2n) is 5.07. The van der Waals surface area contributed by atoms with E-state index in [1.807, 2.05) is 13.1 Å². The molecule has 0 bridgehead atoms. The molecular weight excluding hydrogens is 373 g/mol. The third kappa shape index (κ3) is 8.09. The van der Waals surface area contributed by atoms with Gasteiger partial charge in [0, 0.05) is 27.2 Å². The van der Waals surface area contributed by atoms with E-state index in [0.717, 1.165) is 38.3 Å². The van der Waals surface area contributed by atoms with E-state index in [4.69, 9.17) is 0 Å². The number of rotatable bonds is 7. The molecule has 0 amide bonds. The normalized spacial score (nSPS) is 10.7. The van der Waals surface area contributed by atoms with Gasteiger partial charge in [0.2, 0.25) is 0 Å². The number of guanidine groups is 1. The van der Waals surface area contributed by atoms with Crippen molar-refractivity contribution in [3.05, 3.63) is 48.0 Å². The van der Waals surface area contributed by atoms with Crippen molar-refractivity contribution < 1.29 is 0 Å². The standard InChI is InChI=1S/C17H27N3.HI/c1-5-6-7-13-20(4)17(18-3)19-12-11-16-10-8-9-15(2)14-16;/h5,8-10,14H,1,6-7,11-13H2,2-4H3,(H,18,19);1H. The average Bonchev–Trinajstić information content (AvgIpc) is 2.44. The van der Waals surface area contributed by atoms with Crippen molar-refractivity contribution in [2.75, 3.05) is 27.2 Å². The summed E-state index contributed by atoms with van der Waals surface area (Å²) < 4.78 is 0. The third-order valence-electron chi connectivity index (χ3n) is 3.25. The Morgan fingerprint density at radius 2 is 2.19 bits per heavy atom. The van der Waals surface area contributed by atoms with Crippen molar-refractivity contribution in [3.8, 4) is 0 Å². The maximum Gasteiger partial charge on any atom is 0.193 e. The largest absolute Gasteiger partial charge is 0.356 e. The topological polar surface area (TPSA) is 27.6 Å². The maximum absolute atomic E-state index is 4.32. The summed E-state index contributed by atoms with van der Waals surface area (Å²) in [7, 11) is 3.91. The Hall–Kier alpha value is -1.04. The van der Waals surface area contributed by atoms with Gasteiger partial charge in [0.1, 0.15) is 0 Å². The molecule has 0 radical (unpaired) electrons. The molecule has 3 nitrogen and oxygen atoms in total. The van der Waals surface area contributed by atoms with Crippen LogP contribution in [0.1, 0.15) is 24.0 Å². The number of hydrogen-bond acceptors (Lipinski definition) is 1. The van der Waals surface area contributed by atoms with Crippen LogP contribution in [0, 0.1) is 6.92 Å². The van der Waals surface area contributed by atoms with Gasteiger partial charge in [-0.1, -0.05) is 35.9 Å². The summed E-state index contributed by atoms with van der Waals surface area (Å²) in [4.78, 5) is 6.49. The molecule has 0 heterocycles. The molecule has 118 valence electrons. The van der Waals surface area contributed by atoms with Crippen molar-refractivity contribution in [3.63, 3.8) is 0 Å². The number of benzene rings is 1. The minimum atomic E-state index is 0. The van der Waals surface area contributed by atoms with Gasteiger partial charge in [-0.25, -0.2) is 0 Å². The van der Waals surface area contributed by atoms with Crippen molar-refractivity contribution in [2.24, 2.45) is 4.99 Å². The zero-order valence-electron chi connectivity index (χ0n) is 13.4. The monoisotopic (exact) mass is 401 g/mol. The highest BCUT2D eigenvalue weighted by molar-refractivity contribution is 14.0. The van der Waals surface area contributed by atoms with Crippen LogP contribution in [0.5, 0.6) is 0 Å². The van der Waals surface area contributed by atoms with Crippen LogP contribution in [0.25, 0.3) is 0 Å². The zero-order chi connectivity index (χ0) is 14.8. The van der Waals surface area contributed by atoms with Gasteiger partial charge in [0.15, 0.2) is 5.96 Å². The highest BCUT2D eigenvalue weighted by Crippen LogP contribution is 2.04. The molecule has 0 saturated heterocycles. The lowest BCUT2D eigenvalue weighted by Crippen LogP contribution is -2.40. The SMILES string of the molecule is C=CCCCN(C)C(=NC)NCCc1cccc(C)c1.I. The van der Waals surface area contributed by atoms with Crippen LogP contribution in [0.15, 0.2) is 41.9 Å². The summed E-state index contributed by atoms with van der Waals surface area (Å²) in [5, 5.41) is 3.41. The van der Waals surface area contributed by atoms with Crippen LogP contribution in [0.2, 0.25) is 0 Å². The Kier molecular flexibility index (Phi) is 11.0. The summed E-state index contributed by atoms with van der Waals surface area (Å²) in [5.41, 5.74) is 2.68. The van der Waals surface area contributed by atoms with Gasteiger partial charge in [-0.3, -0.25) is 4.99 Å². The van der Waals surface area contributed by atoms with Gasteiger partial charge < -0.3 is 10.2 Å². The number of allylic oxidation sites excluding steroid dienone is 1. The van der Waals surface area contributed by atoms with E-state index in [2.05, 4.69) is 60.0 Å². The van der Waals surface area contributed by atoms with Crippen molar-refractivity contribution in [1.29, 1.82) is 0 Å². The average molecular weight is 401 g/mol. The molecule has 1 rings (SSSR count). The lowest BCUT2D eigenvalue weighted by atomic mass is 10.1. The molecule has 21 heavy (non-hydrogen) atoms. The second kappa shape index (κ2) is 11.6. The Balaban J connectivity index is 0.00000400. The number of nitrogens with one attached hydrogen (secondary N) is 1. The first-order chi connectivity index (χ1) is 9.67. The van der Waals surface area contributed by atoms with Crippen molar-refractivity contribution in [2.45, 2.75) is 26.2 Å². The smallest absolute Gasteiger partial charge is 0.193 e. The summed E-state index contributed by atoms with van der Waals surface area (Å²) in [5.74, 6) is 0.960. The van der Waals surface area contributed by atoms with Gasteiger partial charge >= 0.3 is 0 Å². The Labute approximate surface area is 146 Å². The Morgan fingerprint density at radius 1 is 1.43 bits per heavy atom. The fourth-order valence-electron chi connectivity index (χ4n) is 2.15. The fourth-order valence-corrected chi connectivity index (χ4v) is 2.15. The summed E-state index contributed by atoms with van der Waals surface area (Å²) >= 11 is 0. The number of aryl methyl sites for hydroxylation is 1. The molecular formula is C17H28IN3. The molecule has 0 spiro atoms. The van der Waals surface area contributed by atoms with E-state index in [1.165, 1.54) is 11.1 Å². The number of unbranched alkanes of at least 4 members (excludes halogenated alkanes) is 1. The van der Waals surface area contributed by atoms with Crippen LogP contribution in [0.4, 0.5) is 0 Å². The lowest BCUT2D eigenvalue weighted by Gasteiger charge is -2.21. The molecule has 0 aliphatic rings. The Morgan fingerprint density at radius 3 is 2.81 bits per heavy atom. The maximum atomic E-state index is 4.32. The van der Waals surface area contributed by atoms with Gasteiger partial charge in [0.25, 0.3) is 0 Å². The molecule has 1 aromatic carbocycles. The summed E-state index contributed by atoms with van der Waals surface area (Å²) in [6.45, 7) is 7.78. The molecule has 1 N–H and O–H groups in total. The fraction of sp³-hybridized carbons (Fsp3) is 0.471. The first kappa shape index (κ1) is 20.0. The van der Waals surface area contributed by atoms with Crippen LogP contribution >= 0.6 is 24.0 Å². The van der Waals surface area contributed by atoms with Crippen molar-refractivity contribution in [1.82, 2.24) is 10.2 Å². The minimum absolute atomic E-state index is 0. The van der Waals surface area contributed by atoms with Gasteiger partial charge in [-0.2, -0.15) is 0 Å². The highest BCUT2D eigenvalue weighted by Gasteiger charge is 2.04. The number of aliphatic imine (C=N–C) groups is 1. The molecule has 4 heteroatoms. The van der Waals surface area contributed by atoms with Crippen LogP contribution in [-0.4, -0.2) is 38.0 Å². The van der Waals surface area contributed by atoms with E-state index < -0.39 is 0 Å². The van der Waals surface area contributed by atoms with E-state index in [-0.39, 0.29) is 24.0 Å². The minimum Gasteiger partial charge on any atom is -0.356 e. The van der Waals surface area contributed by atoms with E-state index in [1.54, 1.807) is 0 Å². The van der Waals surface area contributed by atoms with E-state index in [0.29, 0.717) is 0 Å². The molecule has 0 aromatic heterocycles. The predicted molar refractivity (Wildman–Crippen MR) is 104 cm³/mol. The van der Waals surface area contributed by atoms with Gasteiger partial charge in [-0.15, -0.1) is 30.6 Å². The molecule has 0 fully saturated rings. The molecule has 0 aliphatic carbocycles. The zero-order valence-corrected chi connectivity index (χ0v) is 15.8. The van der Waals surface area contributed by atoms with Crippen LogP contribution < -0.4 is 5.32 Å². The first-order valence-electron chi connectivity index (χ1n) is 7.25. The lowest BCUT2D eigenvalue weighted by molar-refractivity contribution is 0.470. The van der Waals surface area contributed by atoms with Gasteiger partial charge in [0.05, 0.1) is 0 Å². The number of hydrogen-bond donors (Lipinski definition) is 1.